The molecule has 0 spiro atoms. The Morgan fingerprint density at radius 3 is 1.54 bits per heavy atom. The number of hydrogen-bond donors (Lipinski definition) is 0. The molecule has 0 N–H and O–H groups in total. The second-order valence-electron chi connectivity index (χ2n) is 6.53. The second-order valence-corrected chi connectivity index (χ2v) is 11.2. The summed E-state index contributed by atoms with van der Waals surface area (Å²) in [6.07, 6.45) is 0. The molecule has 0 atom stereocenters. The van der Waals surface area contributed by atoms with Crippen molar-refractivity contribution in [2.45, 2.75) is 27.7 Å². The quantitative estimate of drug-likeness (QED) is 0.378. The van der Waals surface area contributed by atoms with E-state index in [0.717, 1.165) is 0 Å². The predicted molar refractivity (Wildman–Crippen MR) is 109 cm³/mol. The van der Waals surface area contributed by atoms with Gasteiger partial charge in [-0.25, -0.2) is 0 Å². The molecule has 0 radical (unpaired) electrons. The summed E-state index contributed by atoms with van der Waals surface area (Å²) in [5.74, 6) is 0. The van der Waals surface area contributed by atoms with Crippen molar-refractivity contribution in [2.24, 2.45) is 0 Å². The molecule has 0 heterocycles. The first-order valence-corrected chi connectivity index (χ1v) is 11.3. The predicted octanol–water partition coefficient (Wildman–Crippen LogP) is 4.13. The third-order valence-corrected chi connectivity index (χ3v) is 10.6. The van der Waals surface area contributed by atoms with Crippen LogP contribution in [0.15, 0.2) is 66.7 Å². The maximum absolute atomic E-state index is 7.59. The Balaban J connectivity index is 2.39. The van der Waals surface area contributed by atoms with E-state index in [2.05, 4.69) is 94.4 Å². The summed E-state index contributed by atoms with van der Waals surface area (Å²) in [7, 11) is -2.55. The fraction of sp³-hybridized carbons (Fsp3) is 0.182. The molecule has 0 aromatic heterocycles. The van der Waals surface area contributed by atoms with Crippen LogP contribution in [0.1, 0.15) is 22.3 Å². The summed E-state index contributed by atoms with van der Waals surface area (Å²) in [5.41, 5.74) is 5.31. The SMILES string of the molecule is Cc1cc(C)c([Si](Cl)(c2ccccc2)c2ccccc2)c(C)c1C. The summed E-state index contributed by atoms with van der Waals surface area (Å²) in [4.78, 5) is 0. The number of aryl methyl sites for hydroxylation is 2. The Bertz CT molecular complexity index is 815. The van der Waals surface area contributed by atoms with Crippen LogP contribution < -0.4 is 15.6 Å². The van der Waals surface area contributed by atoms with E-state index in [9.17, 15) is 0 Å². The van der Waals surface area contributed by atoms with Gasteiger partial charge in [0.1, 0.15) is 0 Å². The van der Waals surface area contributed by atoms with E-state index >= 15 is 0 Å². The van der Waals surface area contributed by atoms with E-state index in [-0.39, 0.29) is 0 Å². The van der Waals surface area contributed by atoms with Crippen molar-refractivity contribution in [3.05, 3.63) is 89.0 Å². The highest BCUT2D eigenvalue weighted by Gasteiger charge is 2.40. The fourth-order valence-electron chi connectivity index (χ4n) is 3.61. The van der Waals surface area contributed by atoms with Crippen LogP contribution in [0, 0.1) is 27.7 Å². The summed E-state index contributed by atoms with van der Waals surface area (Å²) in [6.45, 7) is 8.81. The number of rotatable bonds is 3. The van der Waals surface area contributed by atoms with Crippen molar-refractivity contribution in [3.8, 4) is 0 Å². The van der Waals surface area contributed by atoms with Crippen molar-refractivity contribution < 1.29 is 0 Å². The first-order chi connectivity index (χ1) is 11.5. The van der Waals surface area contributed by atoms with Gasteiger partial charge in [-0.1, -0.05) is 66.7 Å². The van der Waals surface area contributed by atoms with Crippen LogP contribution in [0.2, 0.25) is 0 Å². The fourth-order valence-corrected chi connectivity index (χ4v) is 8.77. The van der Waals surface area contributed by atoms with Gasteiger partial charge in [0.25, 0.3) is 0 Å². The molecule has 0 saturated heterocycles. The standard InChI is InChI=1S/C22H23ClSi/c1-16-15-17(2)22(19(4)18(16)3)24(23,20-11-7-5-8-12-20)21-13-9-6-10-14-21/h5-15H,1-4H3. The van der Waals surface area contributed by atoms with Gasteiger partial charge in [-0.05, 0) is 65.5 Å². The van der Waals surface area contributed by atoms with Gasteiger partial charge in [0.15, 0.2) is 0 Å². The Kier molecular flexibility index (Phi) is 4.66. The molecule has 2 heteroatoms. The van der Waals surface area contributed by atoms with Crippen molar-refractivity contribution >= 4 is 34.0 Å². The highest BCUT2D eigenvalue weighted by molar-refractivity contribution is 7.40. The van der Waals surface area contributed by atoms with Crippen LogP contribution in [0.25, 0.3) is 0 Å². The van der Waals surface area contributed by atoms with Crippen LogP contribution in [0.3, 0.4) is 0 Å². The molecule has 0 nitrogen and oxygen atoms in total. The molecule has 0 amide bonds. The Morgan fingerprint density at radius 1 is 0.625 bits per heavy atom. The molecule has 0 bridgehead atoms. The van der Waals surface area contributed by atoms with Gasteiger partial charge in [0.05, 0.1) is 0 Å². The van der Waals surface area contributed by atoms with Gasteiger partial charge in [-0.2, -0.15) is 0 Å². The van der Waals surface area contributed by atoms with Crippen LogP contribution in [0.5, 0.6) is 0 Å². The Labute approximate surface area is 150 Å². The number of hydrogen-bond acceptors (Lipinski definition) is 0. The maximum Gasteiger partial charge on any atom is 0.248 e. The lowest BCUT2D eigenvalue weighted by Crippen LogP contribution is -2.64. The van der Waals surface area contributed by atoms with Crippen molar-refractivity contribution in [1.29, 1.82) is 0 Å². The van der Waals surface area contributed by atoms with Crippen LogP contribution in [-0.2, 0) is 0 Å². The molecular weight excluding hydrogens is 328 g/mol. The van der Waals surface area contributed by atoms with Crippen LogP contribution in [-0.4, -0.2) is 7.38 Å². The molecule has 0 aliphatic carbocycles. The third-order valence-electron chi connectivity index (χ3n) is 5.04. The average Bonchev–Trinajstić information content (AvgIpc) is 2.61. The lowest BCUT2D eigenvalue weighted by Gasteiger charge is -2.31. The molecule has 0 aliphatic rings. The molecule has 24 heavy (non-hydrogen) atoms. The van der Waals surface area contributed by atoms with Gasteiger partial charge in [-0.3, -0.25) is 0 Å². The Morgan fingerprint density at radius 2 is 1.08 bits per heavy atom. The molecule has 3 rings (SSSR count). The lowest BCUT2D eigenvalue weighted by atomic mass is 10.0. The largest absolute Gasteiger partial charge is 0.248 e. The van der Waals surface area contributed by atoms with Gasteiger partial charge < -0.3 is 0 Å². The van der Waals surface area contributed by atoms with Crippen LogP contribution >= 0.6 is 11.1 Å². The monoisotopic (exact) mass is 350 g/mol. The van der Waals surface area contributed by atoms with E-state index in [0.29, 0.717) is 0 Å². The first kappa shape index (κ1) is 17.0. The minimum absolute atomic E-state index is 1.24. The molecule has 0 fully saturated rings. The first-order valence-electron chi connectivity index (χ1n) is 8.34. The molecule has 3 aromatic carbocycles. The van der Waals surface area contributed by atoms with Gasteiger partial charge >= 0.3 is 0 Å². The highest BCUT2D eigenvalue weighted by atomic mass is 35.6. The number of benzene rings is 3. The minimum atomic E-state index is -2.55. The smallest absolute Gasteiger partial charge is 0.149 e. The Hall–Kier alpha value is -1.83. The van der Waals surface area contributed by atoms with Crippen molar-refractivity contribution in [3.63, 3.8) is 0 Å². The van der Waals surface area contributed by atoms with Crippen LogP contribution in [0.4, 0.5) is 0 Å². The van der Waals surface area contributed by atoms with Gasteiger partial charge in [0, 0.05) is 0 Å². The van der Waals surface area contributed by atoms with E-state index in [1.165, 1.54) is 37.8 Å². The average molecular weight is 351 g/mol. The van der Waals surface area contributed by atoms with Gasteiger partial charge in [0.2, 0.25) is 7.38 Å². The zero-order valence-corrected chi connectivity index (χ0v) is 16.5. The zero-order chi connectivity index (χ0) is 17.3. The van der Waals surface area contributed by atoms with Crippen molar-refractivity contribution in [2.75, 3.05) is 0 Å². The van der Waals surface area contributed by atoms with E-state index in [1.54, 1.807) is 0 Å². The number of halogens is 1. The molecule has 3 aromatic rings. The normalized spacial score (nSPS) is 11.5. The third kappa shape index (κ3) is 2.72. The summed E-state index contributed by atoms with van der Waals surface area (Å²) in [5, 5.41) is 3.82. The summed E-state index contributed by atoms with van der Waals surface area (Å²) >= 11 is 7.59. The molecular formula is C22H23ClSi. The van der Waals surface area contributed by atoms with Gasteiger partial charge in [-0.15, -0.1) is 11.1 Å². The van der Waals surface area contributed by atoms with E-state index in [1.807, 2.05) is 0 Å². The molecule has 122 valence electrons. The van der Waals surface area contributed by atoms with E-state index in [4.69, 9.17) is 11.1 Å². The lowest BCUT2D eigenvalue weighted by molar-refractivity contribution is 1.25. The highest BCUT2D eigenvalue weighted by Crippen LogP contribution is 2.21. The molecule has 0 aliphatic heterocycles. The second kappa shape index (κ2) is 6.58. The zero-order valence-electron chi connectivity index (χ0n) is 14.7. The minimum Gasteiger partial charge on any atom is -0.149 e. The summed E-state index contributed by atoms with van der Waals surface area (Å²) in [6, 6.07) is 23.5. The molecule has 0 unspecified atom stereocenters. The van der Waals surface area contributed by atoms with Crippen molar-refractivity contribution in [1.82, 2.24) is 0 Å². The molecule has 0 saturated carbocycles. The topological polar surface area (TPSA) is 0 Å². The maximum atomic E-state index is 7.59. The summed E-state index contributed by atoms with van der Waals surface area (Å²) < 4.78 is 0. The van der Waals surface area contributed by atoms with E-state index < -0.39 is 7.38 Å².